The van der Waals surface area contributed by atoms with Gasteiger partial charge in [0.05, 0.1) is 11.2 Å². The first-order valence-electron chi connectivity index (χ1n) is 9.04. The molecule has 5 nitrogen and oxygen atoms in total. The predicted octanol–water partition coefficient (Wildman–Crippen LogP) is 3.55. The molecule has 0 spiro atoms. The molecule has 2 amide bonds. The molecule has 1 aliphatic heterocycles. The van der Waals surface area contributed by atoms with Gasteiger partial charge in [-0.2, -0.15) is 4.37 Å². The summed E-state index contributed by atoms with van der Waals surface area (Å²) in [5, 5.41) is 4.87. The second-order valence-electron chi connectivity index (χ2n) is 7.19. The number of likely N-dealkylation sites (tertiary alicyclic amines) is 1. The van der Waals surface area contributed by atoms with Gasteiger partial charge in [0.1, 0.15) is 10.7 Å². The molecule has 4 rings (SSSR count). The lowest BCUT2D eigenvalue weighted by atomic mass is 9.69. The molecule has 8 heteroatoms. The molecule has 2 fully saturated rings. The molecular formula is C20H20FN3O2S2. The van der Waals surface area contributed by atoms with Crippen LogP contribution in [0.15, 0.2) is 41.8 Å². The Balaban J connectivity index is 1.46. The zero-order chi connectivity index (χ0) is 19.7. The summed E-state index contributed by atoms with van der Waals surface area (Å²) in [4.78, 5) is 27.5. The van der Waals surface area contributed by atoms with Crippen molar-refractivity contribution in [2.45, 2.75) is 18.4 Å². The summed E-state index contributed by atoms with van der Waals surface area (Å²) in [5.41, 5.74) is 1.14. The van der Waals surface area contributed by atoms with Crippen molar-refractivity contribution < 1.29 is 14.0 Å². The van der Waals surface area contributed by atoms with Crippen LogP contribution >= 0.6 is 23.3 Å². The van der Waals surface area contributed by atoms with Gasteiger partial charge in [-0.3, -0.25) is 9.59 Å². The zero-order valence-electron chi connectivity index (χ0n) is 15.4. The van der Waals surface area contributed by atoms with Crippen LogP contribution in [0.1, 0.15) is 22.5 Å². The van der Waals surface area contributed by atoms with Crippen LogP contribution in [0.5, 0.6) is 0 Å². The van der Waals surface area contributed by atoms with Crippen LogP contribution in [0.2, 0.25) is 0 Å². The average molecular weight is 418 g/mol. The fourth-order valence-electron chi connectivity index (χ4n) is 3.91. The van der Waals surface area contributed by atoms with Crippen LogP contribution in [0.3, 0.4) is 0 Å². The maximum atomic E-state index is 13.1. The molecule has 0 unspecified atom stereocenters. The first kappa shape index (κ1) is 19.1. The Morgan fingerprint density at radius 2 is 2.18 bits per heavy atom. The van der Waals surface area contributed by atoms with Gasteiger partial charge in [0.2, 0.25) is 5.91 Å². The van der Waals surface area contributed by atoms with E-state index in [0.29, 0.717) is 29.6 Å². The van der Waals surface area contributed by atoms with Crippen molar-refractivity contribution >= 4 is 35.1 Å². The van der Waals surface area contributed by atoms with Gasteiger partial charge < -0.3 is 10.2 Å². The van der Waals surface area contributed by atoms with Crippen molar-refractivity contribution in [2.24, 2.45) is 5.92 Å². The molecule has 0 radical (unpaired) electrons. The van der Waals surface area contributed by atoms with E-state index in [9.17, 15) is 14.0 Å². The minimum Gasteiger partial charge on any atom is -0.345 e. The quantitative estimate of drug-likeness (QED) is 0.756. The summed E-state index contributed by atoms with van der Waals surface area (Å²) in [7, 11) is 0. The molecule has 1 aromatic carbocycles. The van der Waals surface area contributed by atoms with E-state index in [1.165, 1.54) is 30.0 Å². The van der Waals surface area contributed by atoms with Crippen LogP contribution < -0.4 is 5.32 Å². The topological polar surface area (TPSA) is 62.3 Å². The molecule has 1 aromatic heterocycles. The molecule has 1 N–H and O–H groups in total. The number of nitrogens with one attached hydrogen (secondary N) is 1. The minimum atomic E-state index is -0.306. The summed E-state index contributed by atoms with van der Waals surface area (Å²) < 4.78 is 17.5. The molecular weight excluding hydrogens is 397 g/mol. The Morgan fingerprint density at radius 1 is 1.39 bits per heavy atom. The maximum absolute atomic E-state index is 13.1. The predicted molar refractivity (Wildman–Crippen MR) is 110 cm³/mol. The number of carbonyl (C=O) groups excluding carboxylic acids is 2. The first-order chi connectivity index (χ1) is 13.5. The number of halogens is 1. The highest BCUT2D eigenvalue weighted by atomic mass is 32.2. The summed E-state index contributed by atoms with van der Waals surface area (Å²) in [6, 6.07) is 7.83. The normalized spacial score (nSPS) is 23.5. The standard InChI is InChI=1S/C20H20FN3O2S2/c1-27-9-7-18(25)22-20-8-6-14(20)11-24(12-20)19(26)17-10-16(23-28-17)13-2-4-15(21)5-3-13/h2-5,7,9-10,14H,6,8,11-12H2,1H3,(H,22,25)/b9-7+/t14-,20-/m0/s1. The Kier molecular flexibility index (Phi) is 5.25. The number of rotatable bonds is 5. The SMILES string of the molecule is CS/C=C/C(=O)N[C@]12CC[C@H]1CN(C(=O)c1cc(-c3ccc(F)cc3)ns1)C2. The van der Waals surface area contributed by atoms with Crippen molar-refractivity contribution in [3.8, 4) is 11.3 Å². The Bertz CT molecular complexity index is 928. The first-order valence-corrected chi connectivity index (χ1v) is 11.1. The van der Waals surface area contributed by atoms with Gasteiger partial charge in [-0.25, -0.2) is 4.39 Å². The molecule has 146 valence electrons. The van der Waals surface area contributed by atoms with Crippen LogP contribution in [0.4, 0.5) is 4.39 Å². The highest BCUT2D eigenvalue weighted by Crippen LogP contribution is 2.45. The summed E-state index contributed by atoms with van der Waals surface area (Å²) in [6.07, 6.45) is 5.35. The number of hydrogen-bond donors (Lipinski definition) is 1. The van der Waals surface area contributed by atoms with Crippen molar-refractivity contribution in [3.63, 3.8) is 0 Å². The van der Waals surface area contributed by atoms with E-state index in [-0.39, 0.29) is 23.2 Å². The molecule has 2 aliphatic rings. The lowest BCUT2D eigenvalue weighted by molar-refractivity contribution is -0.119. The lowest BCUT2D eigenvalue weighted by Gasteiger charge is -2.44. The Morgan fingerprint density at radius 3 is 2.86 bits per heavy atom. The number of carbonyl (C=O) groups is 2. The number of benzene rings is 1. The Labute approximate surface area is 171 Å². The van der Waals surface area contributed by atoms with Crippen LogP contribution in [0, 0.1) is 11.7 Å². The monoisotopic (exact) mass is 417 g/mol. The fraction of sp³-hybridized carbons (Fsp3) is 0.350. The largest absolute Gasteiger partial charge is 0.345 e. The van der Waals surface area contributed by atoms with Crippen LogP contribution in [0.25, 0.3) is 11.3 Å². The molecule has 28 heavy (non-hydrogen) atoms. The maximum Gasteiger partial charge on any atom is 0.265 e. The van der Waals surface area contributed by atoms with Gasteiger partial charge in [0.15, 0.2) is 0 Å². The highest BCUT2D eigenvalue weighted by molar-refractivity contribution is 8.01. The van der Waals surface area contributed by atoms with Gasteiger partial charge >= 0.3 is 0 Å². The number of aromatic nitrogens is 1. The van der Waals surface area contributed by atoms with Crippen molar-refractivity contribution in [1.82, 2.24) is 14.6 Å². The molecule has 1 saturated carbocycles. The van der Waals surface area contributed by atoms with Gasteiger partial charge in [-0.05, 0) is 66.4 Å². The number of thioether (sulfide) groups is 1. The third kappa shape index (κ3) is 3.58. The van der Waals surface area contributed by atoms with E-state index in [1.807, 2.05) is 11.2 Å². The van der Waals surface area contributed by atoms with E-state index in [2.05, 4.69) is 9.69 Å². The number of amides is 2. The lowest BCUT2D eigenvalue weighted by Crippen LogP contribution is -2.59. The second-order valence-corrected chi connectivity index (χ2v) is 8.74. The van der Waals surface area contributed by atoms with E-state index >= 15 is 0 Å². The molecule has 1 saturated heterocycles. The van der Waals surface area contributed by atoms with Crippen molar-refractivity contribution in [3.05, 3.63) is 52.5 Å². The fourth-order valence-corrected chi connectivity index (χ4v) is 4.89. The molecule has 0 bridgehead atoms. The highest BCUT2D eigenvalue weighted by Gasteiger charge is 2.54. The number of hydrogen-bond acceptors (Lipinski definition) is 5. The van der Waals surface area contributed by atoms with Crippen molar-refractivity contribution in [2.75, 3.05) is 19.3 Å². The summed E-state index contributed by atoms with van der Waals surface area (Å²) in [5.74, 6) is -0.173. The van der Waals surface area contributed by atoms with Crippen LogP contribution in [-0.2, 0) is 4.79 Å². The minimum absolute atomic E-state index is 0.0615. The molecule has 2 heterocycles. The average Bonchev–Trinajstić information content (AvgIpc) is 3.26. The Hall–Kier alpha value is -2.19. The van der Waals surface area contributed by atoms with Crippen molar-refractivity contribution in [1.29, 1.82) is 0 Å². The van der Waals surface area contributed by atoms with E-state index in [1.54, 1.807) is 23.6 Å². The van der Waals surface area contributed by atoms with Gasteiger partial charge in [0.25, 0.3) is 5.91 Å². The van der Waals surface area contributed by atoms with E-state index < -0.39 is 0 Å². The van der Waals surface area contributed by atoms with Gasteiger partial charge in [-0.15, -0.1) is 11.8 Å². The summed E-state index contributed by atoms with van der Waals surface area (Å²) >= 11 is 2.63. The van der Waals surface area contributed by atoms with Crippen LogP contribution in [-0.4, -0.2) is 46.0 Å². The van der Waals surface area contributed by atoms with E-state index in [4.69, 9.17) is 0 Å². The molecule has 2 atom stereocenters. The smallest absolute Gasteiger partial charge is 0.265 e. The van der Waals surface area contributed by atoms with Gasteiger partial charge in [0, 0.05) is 30.6 Å². The molecule has 1 aliphatic carbocycles. The van der Waals surface area contributed by atoms with Gasteiger partial charge in [-0.1, -0.05) is 0 Å². The zero-order valence-corrected chi connectivity index (χ0v) is 17.0. The van der Waals surface area contributed by atoms with E-state index in [0.717, 1.165) is 29.9 Å². The summed E-state index contributed by atoms with van der Waals surface area (Å²) in [6.45, 7) is 1.17. The number of nitrogens with zero attached hydrogens (tertiary/aromatic N) is 2. The third-order valence-corrected chi connectivity index (χ3v) is 6.70. The third-order valence-electron chi connectivity index (χ3n) is 5.51. The molecule has 2 aromatic rings. The number of fused-ring (bicyclic) bond motifs is 1. The second kappa shape index (κ2) is 7.67.